The number of halogens is 4. The summed E-state index contributed by atoms with van der Waals surface area (Å²) in [6.45, 7) is 2.07. The standard InChI is InChI=1S/C22H24F4N2O4S/c1-2-13-32-19-8-7-16(22(24,25)26)14-18(19)27-21(29)15-9-11-28(12-10-15)33(30,31)20-6-4-3-5-17(20)23/h3-8,14-15H,2,9-13H2,1H3,(H,27,29). The van der Waals surface area contributed by atoms with Gasteiger partial charge in [-0.3, -0.25) is 4.79 Å². The topological polar surface area (TPSA) is 75.7 Å². The number of rotatable bonds is 7. The highest BCUT2D eigenvalue weighted by Crippen LogP contribution is 2.36. The molecule has 1 amide bonds. The monoisotopic (exact) mass is 488 g/mol. The highest BCUT2D eigenvalue weighted by molar-refractivity contribution is 7.89. The Kier molecular flexibility index (Phi) is 7.63. The Labute approximate surface area is 189 Å². The van der Waals surface area contributed by atoms with Gasteiger partial charge in [-0.1, -0.05) is 19.1 Å². The molecular formula is C22H24F4N2O4S. The molecule has 3 rings (SSSR count). The van der Waals surface area contributed by atoms with E-state index in [0.29, 0.717) is 6.42 Å². The second-order valence-electron chi connectivity index (χ2n) is 7.66. The van der Waals surface area contributed by atoms with E-state index in [9.17, 15) is 30.8 Å². The van der Waals surface area contributed by atoms with Crippen LogP contribution in [0.5, 0.6) is 5.75 Å². The maximum atomic E-state index is 14.0. The number of amides is 1. The minimum Gasteiger partial charge on any atom is -0.491 e. The summed E-state index contributed by atoms with van der Waals surface area (Å²) in [6.07, 6.45) is -3.67. The fourth-order valence-corrected chi connectivity index (χ4v) is 5.06. The molecule has 0 unspecified atom stereocenters. The number of nitrogens with zero attached hydrogens (tertiary/aromatic N) is 1. The molecule has 1 aliphatic rings. The zero-order valence-electron chi connectivity index (χ0n) is 17.9. The molecule has 6 nitrogen and oxygen atoms in total. The van der Waals surface area contributed by atoms with Gasteiger partial charge in [0.15, 0.2) is 0 Å². The van der Waals surface area contributed by atoms with Crippen molar-refractivity contribution < 1.29 is 35.5 Å². The first-order chi connectivity index (χ1) is 15.5. The van der Waals surface area contributed by atoms with E-state index in [0.717, 1.165) is 28.6 Å². The Balaban J connectivity index is 1.71. The fraction of sp³-hybridized carbons (Fsp3) is 0.409. The van der Waals surface area contributed by atoms with Gasteiger partial charge in [0.2, 0.25) is 15.9 Å². The Bertz CT molecular complexity index is 1100. The van der Waals surface area contributed by atoms with Crippen LogP contribution < -0.4 is 10.1 Å². The normalized spacial score (nSPS) is 15.9. The SMILES string of the molecule is CCCOc1ccc(C(F)(F)F)cc1NC(=O)C1CCN(S(=O)(=O)c2ccccc2F)CC1. The van der Waals surface area contributed by atoms with Crippen LogP contribution in [0, 0.1) is 11.7 Å². The third kappa shape index (κ3) is 5.83. The van der Waals surface area contributed by atoms with E-state index in [2.05, 4.69) is 5.32 Å². The first-order valence-corrected chi connectivity index (χ1v) is 11.9. The van der Waals surface area contributed by atoms with Crippen molar-refractivity contribution >= 4 is 21.6 Å². The highest BCUT2D eigenvalue weighted by Gasteiger charge is 2.35. The van der Waals surface area contributed by atoms with Crippen molar-refractivity contribution in [3.05, 3.63) is 53.8 Å². The number of carbonyl (C=O) groups is 1. The minimum atomic E-state index is -4.59. The summed E-state index contributed by atoms with van der Waals surface area (Å²) in [7, 11) is -4.06. The molecule has 0 atom stereocenters. The number of alkyl halides is 3. The van der Waals surface area contributed by atoms with Crippen LogP contribution in [-0.4, -0.2) is 38.3 Å². The predicted octanol–water partition coefficient (Wildman–Crippen LogP) is 4.67. The van der Waals surface area contributed by atoms with Gasteiger partial charge in [0, 0.05) is 19.0 Å². The number of carbonyl (C=O) groups excluding carboxylic acids is 1. The highest BCUT2D eigenvalue weighted by atomic mass is 32.2. The number of hydrogen-bond donors (Lipinski definition) is 1. The number of anilines is 1. The summed E-state index contributed by atoms with van der Waals surface area (Å²) >= 11 is 0. The van der Waals surface area contributed by atoms with Crippen LogP contribution in [0.1, 0.15) is 31.7 Å². The molecule has 2 aromatic carbocycles. The largest absolute Gasteiger partial charge is 0.491 e. The van der Waals surface area contributed by atoms with Crippen molar-refractivity contribution in [2.24, 2.45) is 5.92 Å². The van der Waals surface area contributed by atoms with Crippen molar-refractivity contribution in [2.45, 2.75) is 37.3 Å². The Morgan fingerprint density at radius 1 is 1.15 bits per heavy atom. The summed E-state index contributed by atoms with van der Waals surface area (Å²) in [5.74, 6) is -1.89. The Morgan fingerprint density at radius 3 is 2.42 bits per heavy atom. The average Bonchev–Trinajstić information content (AvgIpc) is 2.77. The van der Waals surface area contributed by atoms with Gasteiger partial charge in [0.05, 0.1) is 17.9 Å². The van der Waals surface area contributed by atoms with Crippen molar-refractivity contribution in [3.8, 4) is 5.75 Å². The van der Waals surface area contributed by atoms with Crippen molar-refractivity contribution in [2.75, 3.05) is 25.0 Å². The molecule has 2 aromatic rings. The van der Waals surface area contributed by atoms with Crippen LogP contribution in [0.25, 0.3) is 0 Å². The second kappa shape index (κ2) is 10.1. The zero-order valence-corrected chi connectivity index (χ0v) is 18.7. The number of nitrogens with one attached hydrogen (secondary N) is 1. The van der Waals surface area contributed by atoms with Crippen LogP contribution >= 0.6 is 0 Å². The van der Waals surface area contributed by atoms with E-state index in [1.165, 1.54) is 18.2 Å². The summed E-state index contributed by atoms with van der Waals surface area (Å²) < 4.78 is 85.3. The average molecular weight is 489 g/mol. The van der Waals surface area contributed by atoms with Crippen molar-refractivity contribution in [1.29, 1.82) is 0 Å². The summed E-state index contributed by atoms with van der Waals surface area (Å²) in [4.78, 5) is 12.3. The maximum Gasteiger partial charge on any atom is 0.416 e. The molecule has 1 N–H and O–H groups in total. The lowest BCUT2D eigenvalue weighted by Gasteiger charge is -2.30. The number of ether oxygens (including phenoxy) is 1. The van der Waals surface area contributed by atoms with Gasteiger partial charge in [0.1, 0.15) is 16.5 Å². The molecule has 0 bridgehead atoms. The molecule has 1 saturated heterocycles. The molecule has 1 fully saturated rings. The van der Waals surface area contributed by atoms with E-state index < -0.39 is 44.3 Å². The van der Waals surface area contributed by atoms with Gasteiger partial charge < -0.3 is 10.1 Å². The van der Waals surface area contributed by atoms with Gasteiger partial charge in [-0.25, -0.2) is 12.8 Å². The van der Waals surface area contributed by atoms with E-state index in [1.807, 2.05) is 6.92 Å². The third-order valence-electron chi connectivity index (χ3n) is 5.31. The van der Waals surface area contributed by atoms with E-state index in [1.54, 1.807) is 0 Å². The molecule has 11 heteroatoms. The number of benzene rings is 2. The van der Waals surface area contributed by atoms with E-state index >= 15 is 0 Å². The van der Waals surface area contributed by atoms with Crippen LogP contribution in [-0.2, 0) is 21.0 Å². The van der Waals surface area contributed by atoms with Crippen molar-refractivity contribution in [3.63, 3.8) is 0 Å². The quantitative estimate of drug-likeness (QED) is 0.575. The lowest BCUT2D eigenvalue weighted by molar-refractivity contribution is -0.137. The van der Waals surface area contributed by atoms with E-state index in [4.69, 9.17) is 4.74 Å². The van der Waals surface area contributed by atoms with Crippen LogP contribution in [0.2, 0.25) is 0 Å². The number of piperidine rings is 1. The summed E-state index contributed by atoms with van der Waals surface area (Å²) in [6, 6.07) is 7.90. The molecule has 180 valence electrons. The molecule has 0 radical (unpaired) electrons. The summed E-state index contributed by atoms with van der Waals surface area (Å²) in [5, 5.41) is 2.50. The predicted molar refractivity (Wildman–Crippen MR) is 114 cm³/mol. The number of sulfonamides is 1. The second-order valence-corrected chi connectivity index (χ2v) is 9.56. The fourth-order valence-electron chi connectivity index (χ4n) is 3.53. The molecule has 33 heavy (non-hydrogen) atoms. The Morgan fingerprint density at radius 2 is 1.82 bits per heavy atom. The van der Waals surface area contributed by atoms with Gasteiger partial charge in [-0.2, -0.15) is 17.5 Å². The third-order valence-corrected chi connectivity index (χ3v) is 7.24. The molecule has 0 aromatic heterocycles. The van der Waals surface area contributed by atoms with Gasteiger partial charge in [0.25, 0.3) is 0 Å². The molecule has 1 aliphatic heterocycles. The molecule has 0 aliphatic carbocycles. The lowest BCUT2D eigenvalue weighted by Crippen LogP contribution is -2.41. The maximum absolute atomic E-state index is 14.0. The smallest absolute Gasteiger partial charge is 0.416 e. The van der Waals surface area contributed by atoms with E-state index in [-0.39, 0.29) is 44.0 Å². The summed E-state index contributed by atoms with van der Waals surface area (Å²) in [5.41, 5.74) is -1.02. The van der Waals surface area contributed by atoms with Gasteiger partial charge >= 0.3 is 6.18 Å². The van der Waals surface area contributed by atoms with Crippen LogP contribution in [0.4, 0.5) is 23.2 Å². The van der Waals surface area contributed by atoms with Crippen LogP contribution in [0.15, 0.2) is 47.4 Å². The minimum absolute atomic E-state index is 0.0173. The van der Waals surface area contributed by atoms with Gasteiger partial charge in [-0.15, -0.1) is 0 Å². The number of hydrogen-bond acceptors (Lipinski definition) is 4. The molecule has 1 heterocycles. The molecule has 0 spiro atoms. The van der Waals surface area contributed by atoms with Gasteiger partial charge in [-0.05, 0) is 49.6 Å². The van der Waals surface area contributed by atoms with Crippen LogP contribution in [0.3, 0.4) is 0 Å². The molecular weight excluding hydrogens is 464 g/mol. The van der Waals surface area contributed by atoms with Crippen molar-refractivity contribution in [1.82, 2.24) is 4.31 Å². The first-order valence-electron chi connectivity index (χ1n) is 10.4. The first kappa shape index (κ1) is 25.0. The lowest BCUT2D eigenvalue weighted by atomic mass is 9.97. The zero-order chi connectivity index (χ0) is 24.2. The molecule has 0 saturated carbocycles. The Hall–Kier alpha value is -2.66.